The van der Waals surface area contributed by atoms with Crippen molar-refractivity contribution in [3.05, 3.63) is 29.8 Å². The van der Waals surface area contributed by atoms with Gasteiger partial charge in [0.2, 0.25) is 0 Å². The van der Waals surface area contributed by atoms with Crippen LogP contribution in [0.4, 0.5) is 0 Å². The predicted molar refractivity (Wildman–Crippen MR) is 76.5 cm³/mol. The molecule has 1 saturated carbocycles. The van der Waals surface area contributed by atoms with E-state index in [9.17, 15) is 0 Å². The van der Waals surface area contributed by atoms with Gasteiger partial charge in [-0.15, -0.1) is 0 Å². The molecule has 1 aliphatic carbocycles. The van der Waals surface area contributed by atoms with Gasteiger partial charge in [-0.3, -0.25) is 4.99 Å². The highest BCUT2D eigenvalue weighted by molar-refractivity contribution is 5.81. The summed E-state index contributed by atoms with van der Waals surface area (Å²) in [5, 5.41) is 0. The van der Waals surface area contributed by atoms with Gasteiger partial charge in [-0.2, -0.15) is 0 Å². The molecule has 0 saturated heterocycles. The first-order valence-corrected chi connectivity index (χ1v) is 6.85. The molecule has 1 fully saturated rings. The second kappa shape index (κ2) is 4.44. The fraction of sp³-hybridized carbons (Fsp3) is 0.533. The van der Waals surface area contributed by atoms with Crippen LogP contribution >= 0.6 is 0 Å². The summed E-state index contributed by atoms with van der Waals surface area (Å²) in [6, 6.07) is 8.79. The summed E-state index contributed by atoms with van der Waals surface area (Å²) in [7, 11) is 1.72. The Hall–Kier alpha value is -1.71. The van der Waals surface area contributed by atoms with Crippen molar-refractivity contribution in [1.82, 2.24) is 4.90 Å². The number of guanidine groups is 1. The van der Waals surface area contributed by atoms with Gasteiger partial charge in [0.25, 0.3) is 0 Å². The summed E-state index contributed by atoms with van der Waals surface area (Å²) in [5.41, 5.74) is 7.28. The third kappa shape index (κ3) is 2.15. The van der Waals surface area contributed by atoms with Gasteiger partial charge in [0.15, 0.2) is 5.96 Å². The summed E-state index contributed by atoms with van der Waals surface area (Å²) in [4.78, 5) is 6.78. The first kappa shape index (κ1) is 12.3. The van der Waals surface area contributed by atoms with Crippen LogP contribution in [0.1, 0.15) is 25.3 Å². The average Bonchev–Trinajstić information content (AvgIpc) is 3.18. The zero-order chi connectivity index (χ0) is 13.5. The molecule has 0 aromatic heterocycles. The maximum Gasteiger partial charge on any atom is 0.192 e. The highest BCUT2D eigenvalue weighted by Gasteiger charge is 2.46. The molecule has 102 valence electrons. The molecule has 0 amide bonds. The highest BCUT2D eigenvalue weighted by Crippen LogP contribution is 2.38. The van der Waals surface area contributed by atoms with E-state index in [0.717, 1.165) is 18.7 Å². The molecule has 1 unspecified atom stereocenters. The number of benzene rings is 1. The molecule has 3 rings (SSSR count). The SMILES string of the molecule is COc1ccccc1CC1(C)CN=C(N)N1C1CC1. The minimum Gasteiger partial charge on any atom is -0.496 e. The fourth-order valence-electron chi connectivity index (χ4n) is 3.04. The van der Waals surface area contributed by atoms with Crippen LogP contribution in [-0.4, -0.2) is 36.1 Å². The lowest BCUT2D eigenvalue weighted by molar-refractivity contribution is 0.211. The third-order valence-electron chi connectivity index (χ3n) is 4.09. The molecule has 1 atom stereocenters. The van der Waals surface area contributed by atoms with Crippen molar-refractivity contribution in [3.8, 4) is 5.75 Å². The number of nitrogens with two attached hydrogens (primary N) is 1. The molecular formula is C15H21N3O. The number of para-hydroxylation sites is 1. The number of ether oxygens (including phenoxy) is 1. The van der Waals surface area contributed by atoms with Crippen molar-refractivity contribution in [2.75, 3.05) is 13.7 Å². The molecule has 1 aromatic rings. The van der Waals surface area contributed by atoms with Gasteiger partial charge in [-0.05, 0) is 31.4 Å². The lowest BCUT2D eigenvalue weighted by Crippen LogP contribution is -2.52. The van der Waals surface area contributed by atoms with E-state index in [1.165, 1.54) is 18.4 Å². The minimum atomic E-state index is -0.0140. The molecule has 0 radical (unpaired) electrons. The Morgan fingerprint density at radius 1 is 1.42 bits per heavy atom. The molecule has 2 aliphatic rings. The predicted octanol–water partition coefficient (Wildman–Crippen LogP) is 1.79. The summed E-state index contributed by atoms with van der Waals surface area (Å²) in [6.07, 6.45) is 3.38. The van der Waals surface area contributed by atoms with Gasteiger partial charge in [0.05, 0.1) is 19.2 Å². The second-order valence-electron chi connectivity index (χ2n) is 5.76. The van der Waals surface area contributed by atoms with Crippen LogP contribution in [-0.2, 0) is 6.42 Å². The van der Waals surface area contributed by atoms with E-state index in [4.69, 9.17) is 10.5 Å². The van der Waals surface area contributed by atoms with Gasteiger partial charge >= 0.3 is 0 Å². The quantitative estimate of drug-likeness (QED) is 0.897. The summed E-state index contributed by atoms with van der Waals surface area (Å²) in [6.45, 7) is 3.02. The molecule has 4 nitrogen and oxygen atoms in total. The number of hydrogen-bond donors (Lipinski definition) is 1. The molecule has 1 aromatic carbocycles. The number of aliphatic imine (C=N–C) groups is 1. The number of hydrogen-bond acceptors (Lipinski definition) is 4. The van der Waals surface area contributed by atoms with Crippen molar-refractivity contribution >= 4 is 5.96 Å². The smallest absolute Gasteiger partial charge is 0.192 e. The Kier molecular flexibility index (Phi) is 2.88. The highest BCUT2D eigenvalue weighted by atomic mass is 16.5. The Balaban J connectivity index is 1.85. The molecule has 0 spiro atoms. The van der Waals surface area contributed by atoms with E-state index < -0.39 is 0 Å². The average molecular weight is 259 g/mol. The number of rotatable bonds is 4. The van der Waals surface area contributed by atoms with Crippen LogP contribution in [0, 0.1) is 0 Å². The van der Waals surface area contributed by atoms with Gasteiger partial charge in [0.1, 0.15) is 5.75 Å². The second-order valence-corrected chi connectivity index (χ2v) is 5.76. The van der Waals surface area contributed by atoms with Gasteiger partial charge < -0.3 is 15.4 Å². The molecule has 2 N–H and O–H groups in total. The third-order valence-corrected chi connectivity index (χ3v) is 4.09. The molecule has 1 aliphatic heterocycles. The zero-order valence-corrected chi connectivity index (χ0v) is 11.6. The topological polar surface area (TPSA) is 50.9 Å². The van der Waals surface area contributed by atoms with Gasteiger partial charge in [-0.1, -0.05) is 18.2 Å². The molecule has 0 bridgehead atoms. The van der Waals surface area contributed by atoms with Crippen LogP contribution < -0.4 is 10.5 Å². The van der Waals surface area contributed by atoms with E-state index >= 15 is 0 Å². The van der Waals surface area contributed by atoms with E-state index in [2.05, 4.69) is 28.9 Å². The number of nitrogens with zero attached hydrogens (tertiary/aromatic N) is 2. The maximum atomic E-state index is 6.06. The van der Waals surface area contributed by atoms with E-state index in [-0.39, 0.29) is 5.54 Å². The first-order chi connectivity index (χ1) is 9.14. The lowest BCUT2D eigenvalue weighted by Gasteiger charge is -2.37. The van der Waals surface area contributed by atoms with Crippen LogP contribution in [0.3, 0.4) is 0 Å². The summed E-state index contributed by atoms with van der Waals surface area (Å²) in [5.74, 6) is 1.66. The van der Waals surface area contributed by atoms with Crippen molar-refractivity contribution in [2.24, 2.45) is 10.7 Å². The standard InChI is InChI=1S/C15H21N3O/c1-15(9-11-5-3-4-6-13(11)19-2)10-17-14(16)18(15)12-7-8-12/h3-6,12H,7-10H2,1-2H3,(H2,16,17). The summed E-state index contributed by atoms with van der Waals surface area (Å²) < 4.78 is 5.45. The van der Waals surface area contributed by atoms with E-state index in [0.29, 0.717) is 12.0 Å². The molecular weight excluding hydrogens is 238 g/mol. The first-order valence-electron chi connectivity index (χ1n) is 6.85. The lowest BCUT2D eigenvalue weighted by atomic mass is 9.91. The largest absolute Gasteiger partial charge is 0.496 e. The van der Waals surface area contributed by atoms with Gasteiger partial charge in [0, 0.05) is 12.5 Å². The van der Waals surface area contributed by atoms with Crippen LogP contribution in [0.2, 0.25) is 0 Å². The van der Waals surface area contributed by atoms with Crippen molar-refractivity contribution in [1.29, 1.82) is 0 Å². The molecule has 19 heavy (non-hydrogen) atoms. The van der Waals surface area contributed by atoms with E-state index in [1.807, 2.05) is 12.1 Å². The minimum absolute atomic E-state index is 0.0140. The molecule has 1 heterocycles. The normalized spacial score (nSPS) is 26.4. The van der Waals surface area contributed by atoms with Crippen molar-refractivity contribution in [3.63, 3.8) is 0 Å². The Bertz CT molecular complexity index is 510. The van der Waals surface area contributed by atoms with Crippen LogP contribution in [0.5, 0.6) is 5.75 Å². The Labute approximate surface area is 114 Å². The van der Waals surface area contributed by atoms with Crippen molar-refractivity contribution < 1.29 is 4.74 Å². The monoisotopic (exact) mass is 259 g/mol. The van der Waals surface area contributed by atoms with Crippen LogP contribution in [0.15, 0.2) is 29.3 Å². The van der Waals surface area contributed by atoms with Gasteiger partial charge in [-0.25, -0.2) is 0 Å². The zero-order valence-electron chi connectivity index (χ0n) is 11.6. The Morgan fingerprint density at radius 2 is 2.16 bits per heavy atom. The molecule has 4 heteroatoms. The summed E-state index contributed by atoms with van der Waals surface area (Å²) >= 11 is 0. The van der Waals surface area contributed by atoms with Crippen LogP contribution in [0.25, 0.3) is 0 Å². The number of methoxy groups -OCH3 is 1. The Morgan fingerprint density at radius 3 is 2.84 bits per heavy atom. The fourth-order valence-corrected chi connectivity index (χ4v) is 3.04. The van der Waals surface area contributed by atoms with Crippen molar-refractivity contribution in [2.45, 2.75) is 37.8 Å². The van der Waals surface area contributed by atoms with E-state index in [1.54, 1.807) is 7.11 Å². The maximum absolute atomic E-state index is 6.06.